The predicted octanol–water partition coefficient (Wildman–Crippen LogP) is 8.40. The van der Waals surface area contributed by atoms with Crippen molar-refractivity contribution in [3.63, 3.8) is 0 Å². The first kappa shape index (κ1) is 31.7. The van der Waals surface area contributed by atoms with Crippen LogP contribution in [0.2, 0.25) is 0 Å². The molecule has 2 rings (SSSR count). The lowest BCUT2D eigenvalue weighted by molar-refractivity contribution is -0.143. The van der Waals surface area contributed by atoms with Gasteiger partial charge in [-0.15, -0.1) is 0 Å². The molecule has 0 bridgehead atoms. The van der Waals surface area contributed by atoms with E-state index in [1.807, 2.05) is 12.1 Å². The van der Waals surface area contributed by atoms with Crippen LogP contribution in [0.25, 0.3) is 0 Å². The van der Waals surface area contributed by atoms with Gasteiger partial charge in [0.05, 0.1) is 6.61 Å². The first-order chi connectivity index (χ1) is 17.1. The van der Waals surface area contributed by atoms with E-state index in [1.54, 1.807) is 0 Å². The van der Waals surface area contributed by atoms with Crippen LogP contribution in [0.5, 0.6) is 11.5 Å². The molecule has 2 aromatic carbocycles. The van der Waals surface area contributed by atoms with Crippen LogP contribution in [-0.2, 0) is 44.0 Å². The Kier molecular flexibility index (Phi) is 9.45. The summed E-state index contributed by atoms with van der Waals surface area (Å²) >= 11 is 0. The summed E-state index contributed by atoms with van der Waals surface area (Å²) in [6.07, 6.45) is 2.39. The molecule has 0 saturated heterocycles. The van der Waals surface area contributed by atoms with Crippen LogP contribution >= 0.6 is 0 Å². The lowest BCUT2D eigenvalue weighted by Crippen LogP contribution is -2.18. The maximum absolute atomic E-state index is 12.6. The highest BCUT2D eigenvalue weighted by Crippen LogP contribution is 2.41. The van der Waals surface area contributed by atoms with Crippen molar-refractivity contribution in [2.45, 2.75) is 130 Å². The van der Waals surface area contributed by atoms with Crippen molar-refractivity contribution in [2.24, 2.45) is 0 Å². The number of hydrogen-bond acceptors (Lipinski definition) is 4. The molecule has 4 heteroatoms. The summed E-state index contributed by atoms with van der Waals surface area (Å²) in [5.74, 6) is 0.539. The van der Waals surface area contributed by atoms with E-state index in [2.05, 4.69) is 95.2 Å². The van der Waals surface area contributed by atoms with Gasteiger partial charge < -0.3 is 14.9 Å². The fourth-order valence-corrected chi connectivity index (χ4v) is 4.74. The van der Waals surface area contributed by atoms with Crippen molar-refractivity contribution in [2.75, 3.05) is 6.61 Å². The molecule has 0 fully saturated rings. The minimum atomic E-state index is -0.204. The number of aryl methyl sites for hydroxylation is 2. The molecule has 0 heterocycles. The van der Waals surface area contributed by atoms with Gasteiger partial charge in [0, 0.05) is 6.42 Å². The van der Waals surface area contributed by atoms with Gasteiger partial charge in [-0.3, -0.25) is 4.79 Å². The van der Waals surface area contributed by atoms with Crippen molar-refractivity contribution < 1.29 is 19.7 Å². The number of carbonyl (C=O) groups excluding carboxylic acids is 1. The van der Waals surface area contributed by atoms with Gasteiger partial charge in [0.1, 0.15) is 11.5 Å². The second-order valence-electron chi connectivity index (χ2n) is 14.9. The van der Waals surface area contributed by atoms with E-state index in [4.69, 9.17) is 4.74 Å². The summed E-state index contributed by atoms with van der Waals surface area (Å²) in [6, 6.07) is 8.25. The van der Waals surface area contributed by atoms with Crippen LogP contribution in [0.3, 0.4) is 0 Å². The molecule has 2 N–H and O–H groups in total. The first-order valence-electron chi connectivity index (χ1n) is 14.0. The van der Waals surface area contributed by atoms with Crippen LogP contribution in [-0.4, -0.2) is 22.8 Å². The van der Waals surface area contributed by atoms with Crippen molar-refractivity contribution in [3.8, 4) is 11.5 Å². The van der Waals surface area contributed by atoms with E-state index in [1.165, 1.54) is 0 Å². The topological polar surface area (TPSA) is 66.8 Å². The van der Waals surface area contributed by atoms with E-state index in [0.29, 0.717) is 30.9 Å². The van der Waals surface area contributed by atoms with Gasteiger partial charge in [0.25, 0.3) is 0 Å². The zero-order valence-corrected chi connectivity index (χ0v) is 26.1. The molecule has 0 aliphatic heterocycles. The van der Waals surface area contributed by atoms with Crippen molar-refractivity contribution in [1.29, 1.82) is 0 Å². The third-order valence-corrected chi connectivity index (χ3v) is 7.06. The maximum Gasteiger partial charge on any atom is 0.306 e. The molecular formula is C34H52O4. The zero-order chi connectivity index (χ0) is 29.3. The Labute approximate surface area is 231 Å². The third-order valence-electron chi connectivity index (χ3n) is 7.06. The average Bonchev–Trinajstić information content (AvgIpc) is 2.73. The fraction of sp³-hybridized carbons (Fsp3) is 0.618. The second-order valence-corrected chi connectivity index (χ2v) is 14.9. The number of benzene rings is 2. The summed E-state index contributed by atoms with van der Waals surface area (Å²) in [4.78, 5) is 12.6. The normalized spacial score (nSPS) is 13.1. The Bertz CT molecular complexity index is 1060. The van der Waals surface area contributed by atoms with Gasteiger partial charge >= 0.3 is 5.97 Å². The molecule has 212 valence electrons. The smallest absolute Gasteiger partial charge is 0.306 e. The minimum Gasteiger partial charge on any atom is -0.507 e. The maximum atomic E-state index is 12.6. The Morgan fingerprint density at radius 3 is 1.24 bits per heavy atom. The van der Waals surface area contributed by atoms with Gasteiger partial charge in [-0.2, -0.15) is 0 Å². The van der Waals surface area contributed by atoms with Crippen molar-refractivity contribution in [1.82, 2.24) is 0 Å². The number of aromatic hydroxyl groups is 2. The molecule has 0 aliphatic carbocycles. The first-order valence-corrected chi connectivity index (χ1v) is 14.0. The number of hydrogen-bond donors (Lipinski definition) is 2. The van der Waals surface area contributed by atoms with Crippen LogP contribution < -0.4 is 0 Å². The highest BCUT2D eigenvalue weighted by atomic mass is 16.5. The summed E-state index contributed by atoms with van der Waals surface area (Å²) in [7, 11) is 0. The summed E-state index contributed by atoms with van der Waals surface area (Å²) < 4.78 is 5.59. The number of ether oxygens (including phenoxy) is 1. The van der Waals surface area contributed by atoms with Gasteiger partial charge in [-0.25, -0.2) is 0 Å². The molecule has 4 nitrogen and oxygen atoms in total. The zero-order valence-electron chi connectivity index (χ0n) is 26.1. The van der Waals surface area contributed by atoms with Crippen molar-refractivity contribution >= 4 is 5.97 Å². The Hall–Kier alpha value is -2.49. The van der Waals surface area contributed by atoms with Crippen LogP contribution in [0.15, 0.2) is 24.3 Å². The van der Waals surface area contributed by atoms with Crippen LogP contribution in [0.1, 0.15) is 129 Å². The molecule has 0 aromatic heterocycles. The van der Waals surface area contributed by atoms with E-state index < -0.39 is 0 Å². The molecule has 0 atom stereocenters. The van der Waals surface area contributed by atoms with Crippen LogP contribution in [0, 0.1) is 0 Å². The standard InChI is InChI=1S/C34H52O4/c1-31(2,3)24-18-22(19-25(29(24)36)32(4,5)6)14-13-17-38-28(35)16-15-23-20-26(33(7,8)9)30(37)27(21-23)34(10,11)12/h18-21,36-37H,13-17H2,1-12H3. The van der Waals surface area contributed by atoms with Gasteiger partial charge in [-0.05, 0) is 74.3 Å². The van der Waals surface area contributed by atoms with E-state index in [0.717, 1.165) is 46.2 Å². The average molecular weight is 525 g/mol. The molecule has 0 unspecified atom stereocenters. The Morgan fingerprint density at radius 1 is 0.605 bits per heavy atom. The molecule has 0 spiro atoms. The Morgan fingerprint density at radius 2 is 0.921 bits per heavy atom. The summed E-state index contributed by atoms with van der Waals surface area (Å²) in [5, 5.41) is 21.9. The predicted molar refractivity (Wildman–Crippen MR) is 159 cm³/mol. The largest absolute Gasteiger partial charge is 0.507 e. The van der Waals surface area contributed by atoms with E-state index >= 15 is 0 Å². The molecule has 2 aromatic rings. The lowest BCUT2D eigenvalue weighted by Gasteiger charge is -2.28. The highest BCUT2D eigenvalue weighted by molar-refractivity contribution is 5.69. The molecule has 0 aliphatic rings. The van der Waals surface area contributed by atoms with Crippen molar-refractivity contribution in [3.05, 3.63) is 57.6 Å². The van der Waals surface area contributed by atoms with Crippen LogP contribution in [0.4, 0.5) is 0 Å². The molecule has 0 radical (unpaired) electrons. The van der Waals surface area contributed by atoms with Gasteiger partial charge in [0.2, 0.25) is 0 Å². The van der Waals surface area contributed by atoms with E-state index in [9.17, 15) is 15.0 Å². The Balaban J connectivity index is 2.05. The number of phenols is 2. The SMILES string of the molecule is CC(C)(C)c1cc(CCCOC(=O)CCc2cc(C(C)(C)C)c(O)c(C(C)(C)C)c2)cc(C(C)(C)C)c1O. The minimum absolute atomic E-state index is 0.166. The number of esters is 1. The molecule has 0 saturated carbocycles. The number of rotatable bonds is 7. The van der Waals surface area contributed by atoms with Gasteiger partial charge in [0.15, 0.2) is 0 Å². The monoisotopic (exact) mass is 524 g/mol. The third kappa shape index (κ3) is 8.25. The highest BCUT2D eigenvalue weighted by Gasteiger charge is 2.28. The number of carbonyl (C=O) groups is 1. The van der Waals surface area contributed by atoms with Gasteiger partial charge in [-0.1, -0.05) is 107 Å². The molecular weight excluding hydrogens is 472 g/mol. The number of phenolic OH excluding ortho intramolecular Hbond substituents is 2. The van der Waals surface area contributed by atoms with E-state index in [-0.39, 0.29) is 27.6 Å². The molecule has 38 heavy (non-hydrogen) atoms. The lowest BCUT2D eigenvalue weighted by atomic mass is 9.78. The summed E-state index contributed by atoms with van der Waals surface area (Å²) in [6.45, 7) is 25.6. The quantitative estimate of drug-likeness (QED) is 0.282. The summed E-state index contributed by atoms with van der Waals surface area (Å²) in [5.41, 5.74) is 5.19. The fourth-order valence-electron chi connectivity index (χ4n) is 4.74. The second kappa shape index (κ2) is 11.3. The molecule has 0 amide bonds.